The number of benzene rings is 3. The molecule has 30 heavy (non-hydrogen) atoms. The van der Waals surface area contributed by atoms with Gasteiger partial charge >= 0.3 is 0 Å². The molecule has 154 valence electrons. The molecule has 3 rings (SSSR count). The van der Waals surface area contributed by atoms with Gasteiger partial charge in [0.05, 0.1) is 0 Å². The van der Waals surface area contributed by atoms with Crippen molar-refractivity contribution in [3.05, 3.63) is 108 Å². The maximum Gasteiger partial charge on any atom is 0.242 e. The molecule has 0 radical (unpaired) electrons. The number of carbonyl (C=O) groups excluding carboxylic acids is 2. The van der Waals surface area contributed by atoms with Crippen LogP contribution in [0.25, 0.3) is 0 Å². The van der Waals surface area contributed by atoms with Crippen molar-refractivity contribution in [3.63, 3.8) is 0 Å². The van der Waals surface area contributed by atoms with Crippen molar-refractivity contribution >= 4 is 11.8 Å². The SMILES string of the molecule is CNC(=O)[C@@H](C)N(Cc1ccccc1)C(=O)CC(c1ccccc1)c1ccccc1. The molecule has 4 heteroatoms. The summed E-state index contributed by atoms with van der Waals surface area (Å²) in [5.74, 6) is -0.294. The van der Waals surface area contributed by atoms with Crippen LogP contribution < -0.4 is 5.32 Å². The highest BCUT2D eigenvalue weighted by Crippen LogP contribution is 2.29. The van der Waals surface area contributed by atoms with Crippen LogP contribution in [0.1, 0.15) is 36.0 Å². The molecular formula is C26H28N2O2. The first-order valence-corrected chi connectivity index (χ1v) is 10.2. The van der Waals surface area contributed by atoms with Crippen LogP contribution in [0.3, 0.4) is 0 Å². The van der Waals surface area contributed by atoms with Gasteiger partial charge in [0, 0.05) is 25.9 Å². The number of nitrogens with zero attached hydrogens (tertiary/aromatic N) is 1. The van der Waals surface area contributed by atoms with Crippen LogP contribution in [0.5, 0.6) is 0 Å². The zero-order chi connectivity index (χ0) is 21.3. The maximum absolute atomic E-state index is 13.5. The monoisotopic (exact) mass is 400 g/mol. The molecule has 0 unspecified atom stereocenters. The smallest absolute Gasteiger partial charge is 0.242 e. The molecule has 0 heterocycles. The van der Waals surface area contributed by atoms with Crippen molar-refractivity contribution in [2.24, 2.45) is 0 Å². The molecule has 0 bridgehead atoms. The van der Waals surface area contributed by atoms with Crippen molar-refractivity contribution < 1.29 is 9.59 Å². The fourth-order valence-electron chi connectivity index (χ4n) is 3.66. The summed E-state index contributed by atoms with van der Waals surface area (Å²) in [6.45, 7) is 2.17. The average molecular weight is 401 g/mol. The van der Waals surface area contributed by atoms with Gasteiger partial charge in [-0.15, -0.1) is 0 Å². The number of hydrogen-bond donors (Lipinski definition) is 1. The molecular weight excluding hydrogens is 372 g/mol. The van der Waals surface area contributed by atoms with Crippen LogP contribution in [0, 0.1) is 0 Å². The van der Waals surface area contributed by atoms with Gasteiger partial charge in [0.15, 0.2) is 0 Å². The molecule has 0 spiro atoms. The van der Waals surface area contributed by atoms with E-state index in [9.17, 15) is 9.59 Å². The molecule has 0 fully saturated rings. The normalized spacial score (nSPS) is 11.7. The van der Waals surface area contributed by atoms with Gasteiger partial charge < -0.3 is 10.2 Å². The van der Waals surface area contributed by atoms with E-state index in [4.69, 9.17) is 0 Å². The van der Waals surface area contributed by atoms with E-state index in [1.807, 2.05) is 66.7 Å². The van der Waals surface area contributed by atoms with E-state index in [2.05, 4.69) is 29.6 Å². The molecule has 0 aliphatic heterocycles. The Morgan fingerprint density at radius 3 is 1.73 bits per heavy atom. The average Bonchev–Trinajstić information content (AvgIpc) is 2.81. The first-order chi connectivity index (χ1) is 14.6. The van der Waals surface area contributed by atoms with Gasteiger partial charge in [-0.2, -0.15) is 0 Å². The molecule has 2 amide bonds. The molecule has 3 aromatic carbocycles. The minimum atomic E-state index is -0.560. The van der Waals surface area contributed by atoms with Gasteiger partial charge in [-0.3, -0.25) is 9.59 Å². The second kappa shape index (κ2) is 10.4. The van der Waals surface area contributed by atoms with Crippen LogP contribution >= 0.6 is 0 Å². The lowest BCUT2D eigenvalue weighted by atomic mass is 9.88. The summed E-state index contributed by atoms with van der Waals surface area (Å²) in [5.41, 5.74) is 3.17. The van der Waals surface area contributed by atoms with Crippen molar-refractivity contribution in [1.82, 2.24) is 10.2 Å². The van der Waals surface area contributed by atoms with Gasteiger partial charge in [0.2, 0.25) is 11.8 Å². The third kappa shape index (κ3) is 5.35. The van der Waals surface area contributed by atoms with Gasteiger partial charge in [-0.05, 0) is 23.6 Å². The van der Waals surface area contributed by atoms with E-state index in [1.54, 1.807) is 18.9 Å². The summed E-state index contributed by atoms with van der Waals surface area (Å²) < 4.78 is 0. The second-order valence-corrected chi connectivity index (χ2v) is 7.38. The Bertz CT molecular complexity index is 903. The molecule has 0 aromatic heterocycles. The maximum atomic E-state index is 13.5. The standard InChI is InChI=1S/C26H28N2O2/c1-20(26(30)27-2)28(19-21-12-6-3-7-13-21)25(29)18-24(22-14-8-4-9-15-22)23-16-10-5-11-17-23/h3-17,20,24H,18-19H2,1-2H3,(H,27,30)/t20-/m1/s1. The largest absolute Gasteiger partial charge is 0.357 e. The Kier molecular flexibility index (Phi) is 7.39. The number of nitrogens with one attached hydrogen (secondary N) is 1. The van der Waals surface area contributed by atoms with Crippen LogP contribution in [0.2, 0.25) is 0 Å². The number of hydrogen-bond acceptors (Lipinski definition) is 2. The fourth-order valence-corrected chi connectivity index (χ4v) is 3.66. The van der Waals surface area contributed by atoms with Crippen molar-refractivity contribution in [2.75, 3.05) is 7.05 Å². The summed E-state index contributed by atoms with van der Waals surface area (Å²) >= 11 is 0. The molecule has 4 nitrogen and oxygen atoms in total. The van der Waals surface area contributed by atoms with E-state index in [-0.39, 0.29) is 17.7 Å². The molecule has 0 saturated carbocycles. The molecule has 0 aliphatic rings. The summed E-state index contributed by atoms with van der Waals surface area (Å²) in [7, 11) is 1.60. The third-order valence-electron chi connectivity index (χ3n) is 5.39. The van der Waals surface area contributed by atoms with Gasteiger partial charge in [-0.1, -0.05) is 91.0 Å². The Hall–Kier alpha value is -3.40. The van der Waals surface area contributed by atoms with E-state index in [1.165, 1.54) is 0 Å². The summed E-state index contributed by atoms with van der Waals surface area (Å²) in [5, 5.41) is 2.67. The summed E-state index contributed by atoms with van der Waals surface area (Å²) in [4.78, 5) is 27.6. The zero-order valence-corrected chi connectivity index (χ0v) is 17.5. The van der Waals surface area contributed by atoms with E-state index in [0.717, 1.165) is 16.7 Å². The molecule has 0 aliphatic carbocycles. The van der Waals surface area contributed by atoms with E-state index in [0.29, 0.717) is 13.0 Å². The van der Waals surface area contributed by atoms with Crippen LogP contribution in [0.4, 0.5) is 0 Å². The second-order valence-electron chi connectivity index (χ2n) is 7.38. The highest BCUT2D eigenvalue weighted by atomic mass is 16.2. The van der Waals surface area contributed by atoms with Crippen molar-refractivity contribution in [2.45, 2.75) is 31.8 Å². The molecule has 1 atom stereocenters. The Morgan fingerprint density at radius 1 is 0.800 bits per heavy atom. The highest BCUT2D eigenvalue weighted by molar-refractivity contribution is 5.87. The number of rotatable bonds is 8. The minimum absolute atomic E-state index is 0.0485. The lowest BCUT2D eigenvalue weighted by molar-refractivity contribution is -0.140. The van der Waals surface area contributed by atoms with E-state index < -0.39 is 6.04 Å². The topological polar surface area (TPSA) is 49.4 Å². The molecule has 3 aromatic rings. The van der Waals surface area contributed by atoms with Crippen LogP contribution in [0.15, 0.2) is 91.0 Å². The molecule has 0 saturated heterocycles. The van der Waals surface area contributed by atoms with Crippen LogP contribution in [-0.2, 0) is 16.1 Å². The summed E-state index contributed by atoms with van der Waals surface area (Å²) in [6, 6.07) is 29.3. The fraction of sp³-hybridized carbons (Fsp3) is 0.231. The van der Waals surface area contributed by atoms with Crippen molar-refractivity contribution in [3.8, 4) is 0 Å². The zero-order valence-electron chi connectivity index (χ0n) is 17.5. The van der Waals surface area contributed by atoms with Crippen LogP contribution in [-0.4, -0.2) is 29.8 Å². The minimum Gasteiger partial charge on any atom is -0.357 e. The van der Waals surface area contributed by atoms with Crippen molar-refractivity contribution in [1.29, 1.82) is 0 Å². The first kappa shape index (κ1) is 21.3. The number of amides is 2. The van der Waals surface area contributed by atoms with Gasteiger partial charge in [0.1, 0.15) is 6.04 Å². The van der Waals surface area contributed by atoms with Gasteiger partial charge in [0.25, 0.3) is 0 Å². The molecule has 1 N–H and O–H groups in total. The quantitative estimate of drug-likeness (QED) is 0.610. The first-order valence-electron chi connectivity index (χ1n) is 10.2. The van der Waals surface area contributed by atoms with Gasteiger partial charge in [-0.25, -0.2) is 0 Å². The number of carbonyl (C=O) groups is 2. The Balaban J connectivity index is 1.90. The number of likely N-dealkylation sites (N-methyl/N-ethyl adjacent to an activating group) is 1. The van der Waals surface area contributed by atoms with E-state index >= 15 is 0 Å². The Morgan fingerprint density at radius 2 is 1.27 bits per heavy atom. The predicted molar refractivity (Wildman–Crippen MR) is 120 cm³/mol. The predicted octanol–water partition coefficient (Wildman–Crippen LogP) is 4.37. The lowest BCUT2D eigenvalue weighted by Gasteiger charge is -2.30. The third-order valence-corrected chi connectivity index (χ3v) is 5.39. The lowest BCUT2D eigenvalue weighted by Crippen LogP contribution is -2.47. The Labute approximate surface area is 178 Å². The summed E-state index contributed by atoms with van der Waals surface area (Å²) in [6.07, 6.45) is 0.294. The highest BCUT2D eigenvalue weighted by Gasteiger charge is 2.28.